The molecule has 0 amide bonds. The van der Waals surface area contributed by atoms with Crippen molar-refractivity contribution < 1.29 is 0 Å². The van der Waals surface area contributed by atoms with E-state index >= 15 is 0 Å². The minimum atomic E-state index is 0.503. The largest absolute Gasteiger partial charge is 0.352 e. The number of anilines is 1. The Kier molecular flexibility index (Phi) is 4.39. The van der Waals surface area contributed by atoms with Crippen LogP contribution in [0.5, 0.6) is 0 Å². The van der Waals surface area contributed by atoms with E-state index in [1.165, 1.54) is 24.6 Å². The van der Waals surface area contributed by atoms with Gasteiger partial charge in [-0.3, -0.25) is 0 Å². The van der Waals surface area contributed by atoms with Crippen molar-refractivity contribution in [3.05, 3.63) is 36.4 Å². The van der Waals surface area contributed by atoms with E-state index in [0.717, 1.165) is 24.4 Å². The molecule has 3 rings (SSSR count). The summed E-state index contributed by atoms with van der Waals surface area (Å²) in [6.07, 6.45) is 3.84. The van der Waals surface area contributed by atoms with E-state index in [1.807, 2.05) is 0 Å². The van der Waals surface area contributed by atoms with Gasteiger partial charge in [-0.25, -0.2) is 4.98 Å². The molecule has 112 valence electrons. The second kappa shape index (κ2) is 6.44. The van der Waals surface area contributed by atoms with Crippen molar-refractivity contribution in [3.63, 3.8) is 0 Å². The first-order valence-corrected chi connectivity index (χ1v) is 8.15. The van der Waals surface area contributed by atoms with Crippen LogP contribution in [0.25, 0.3) is 10.9 Å². The van der Waals surface area contributed by atoms with Crippen LogP contribution in [0.2, 0.25) is 0 Å². The Bertz CT molecular complexity index is 596. The topological polar surface area (TPSA) is 28.2 Å². The molecule has 21 heavy (non-hydrogen) atoms. The van der Waals surface area contributed by atoms with Crippen LogP contribution in [0, 0.1) is 0 Å². The van der Waals surface area contributed by atoms with Crippen molar-refractivity contribution in [3.8, 4) is 0 Å². The number of hydrogen-bond donors (Lipinski definition) is 1. The van der Waals surface area contributed by atoms with E-state index in [2.05, 4.69) is 60.5 Å². The average Bonchev–Trinajstić information content (AvgIpc) is 2.54. The molecule has 1 N–H and O–H groups in total. The van der Waals surface area contributed by atoms with Crippen molar-refractivity contribution in [2.75, 3.05) is 18.0 Å². The van der Waals surface area contributed by atoms with Gasteiger partial charge in [0, 0.05) is 24.0 Å². The molecular formula is C18H25N3. The molecule has 1 aromatic heterocycles. The van der Waals surface area contributed by atoms with E-state index in [1.54, 1.807) is 0 Å². The van der Waals surface area contributed by atoms with Crippen LogP contribution in [-0.4, -0.2) is 30.2 Å². The Morgan fingerprint density at radius 3 is 2.95 bits per heavy atom. The van der Waals surface area contributed by atoms with E-state index in [4.69, 9.17) is 4.98 Å². The fourth-order valence-electron chi connectivity index (χ4n) is 3.43. The lowest BCUT2D eigenvalue weighted by Gasteiger charge is -2.40. The smallest absolute Gasteiger partial charge is 0.129 e. The maximum absolute atomic E-state index is 4.89. The SMILES string of the molecule is CCNC(C)C1CCCCN1c1ccc2ccccc2n1. The lowest BCUT2D eigenvalue weighted by atomic mass is 9.96. The highest BCUT2D eigenvalue weighted by molar-refractivity contribution is 5.80. The molecule has 1 aliphatic rings. The summed E-state index contributed by atoms with van der Waals surface area (Å²) in [5, 5.41) is 4.80. The third kappa shape index (κ3) is 3.03. The third-order valence-electron chi connectivity index (χ3n) is 4.53. The van der Waals surface area contributed by atoms with Gasteiger partial charge in [-0.05, 0) is 50.9 Å². The minimum absolute atomic E-state index is 0.503. The maximum Gasteiger partial charge on any atom is 0.129 e. The molecule has 2 heterocycles. The van der Waals surface area contributed by atoms with Crippen LogP contribution in [0.3, 0.4) is 0 Å². The molecule has 0 radical (unpaired) electrons. The average molecular weight is 283 g/mol. The number of hydrogen-bond acceptors (Lipinski definition) is 3. The predicted octanol–water partition coefficient (Wildman–Crippen LogP) is 3.59. The van der Waals surface area contributed by atoms with Crippen molar-refractivity contribution in [2.45, 2.75) is 45.2 Å². The van der Waals surface area contributed by atoms with Crippen LogP contribution < -0.4 is 10.2 Å². The summed E-state index contributed by atoms with van der Waals surface area (Å²) in [5.74, 6) is 1.13. The molecule has 1 saturated heterocycles. The molecule has 0 bridgehead atoms. The van der Waals surface area contributed by atoms with Gasteiger partial charge in [-0.15, -0.1) is 0 Å². The number of likely N-dealkylation sites (N-methyl/N-ethyl adjacent to an activating group) is 1. The number of aromatic nitrogens is 1. The van der Waals surface area contributed by atoms with Crippen LogP contribution in [0.15, 0.2) is 36.4 Å². The first kappa shape index (κ1) is 14.3. The summed E-state index contributed by atoms with van der Waals surface area (Å²) in [6.45, 7) is 6.62. The van der Waals surface area contributed by atoms with Gasteiger partial charge < -0.3 is 10.2 Å². The fourth-order valence-corrected chi connectivity index (χ4v) is 3.43. The van der Waals surface area contributed by atoms with Crippen LogP contribution in [0.1, 0.15) is 33.1 Å². The van der Waals surface area contributed by atoms with Gasteiger partial charge in [0.2, 0.25) is 0 Å². The number of benzene rings is 1. The van der Waals surface area contributed by atoms with Gasteiger partial charge >= 0.3 is 0 Å². The zero-order valence-corrected chi connectivity index (χ0v) is 13.0. The molecule has 2 atom stereocenters. The summed E-state index contributed by atoms with van der Waals surface area (Å²) in [6, 6.07) is 13.8. The van der Waals surface area contributed by atoms with Gasteiger partial charge in [0.25, 0.3) is 0 Å². The molecule has 3 heteroatoms. The molecule has 1 aliphatic heterocycles. The van der Waals surface area contributed by atoms with Gasteiger partial charge in [0.1, 0.15) is 5.82 Å². The summed E-state index contributed by atoms with van der Waals surface area (Å²) < 4.78 is 0. The van der Waals surface area contributed by atoms with Crippen molar-refractivity contribution in [1.82, 2.24) is 10.3 Å². The molecule has 2 aromatic rings. The molecule has 0 aliphatic carbocycles. The number of pyridine rings is 1. The minimum Gasteiger partial charge on any atom is -0.352 e. The van der Waals surface area contributed by atoms with Gasteiger partial charge in [-0.1, -0.05) is 25.1 Å². The zero-order chi connectivity index (χ0) is 14.7. The third-order valence-corrected chi connectivity index (χ3v) is 4.53. The summed E-state index contributed by atoms with van der Waals surface area (Å²) in [4.78, 5) is 7.39. The monoisotopic (exact) mass is 283 g/mol. The lowest BCUT2D eigenvalue weighted by Crippen LogP contribution is -2.51. The molecule has 0 saturated carbocycles. The first-order chi connectivity index (χ1) is 10.3. The van der Waals surface area contributed by atoms with Crippen LogP contribution in [0.4, 0.5) is 5.82 Å². The normalized spacial score (nSPS) is 20.7. The number of piperidine rings is 1. The Hall–Kier alpha value is -1.61. The highest BCUT2D eigenvalue weighted by atomic mass is 15.2. The molecule has 3 nitrogen and oxygen atoms in total. The molecule has 1 fully saturated rings. The highest BCUT2D eigenvalue weighted by Crippen LogP contribution is 2.26. The van der Waals surface area contributed by atoms with Crippen molar-refractivity contribution in [2.24, 2.45) is 0 Å². The van der Waals surface area contributed by atoms with Crippen LogP contribution >= 0.6 is 0 Å². The Morgan fingerprint density at radius 1 is 1.24 bits per heavy atom. The Morgan fingerprint density at radius 2 is 2.10 bits per heavy atom. The van der Waals surface area contributed by atoms with E-state index in [9.17, 15) is 0 Å². The van der Waals surface area contributed by atoms with E-state index < -0.39 is 0 Å². The molecular weight excluding hydrogens is 258 g/mol. The lowest BCUT2D eigenvalue weighted by molar-refractivity contribution is 0.370. The van der Waals surface area contributed by atoms with Gasteiger partial charge in [-0.2, -0.15) is 0 Å². The number of nitrogens with zero attached hydrogens (tertiary/aromatic N) is 2. The highest BCUT2D eigenvalue weighted by Gasteiger charge is 2.27. The maximum atomic E-state index is 4.89. The second-order valence-corrected chi connectivity index (χ2v) is 5.97. The fraction of sp³-hybridized carbons (Fsp3) is 0.500. The van der Waals surface area contributed by atoms with Crippen molar-refractivity contribution in [1.29, 1.82) is 0 Å². The Balaban J connectivity index is 1.90. The number of rotatable bonds is 4. The second-order valence-electron chi connectivity index (χ2n) is 5.97. The van der Waals surface area contributed by atoms with E-state index in [0.29, 0.717) is 12.1 Å². The number of fused-ring (bicyclic) bond motifs is 1. The van der Waals surface area contributed by atoms with Crippen LogP contribution in [-0.2, 0) is 0 Å². The standard InChI is InChI=1S/C18H25N3/c1-3-19-14(2)17-10-6-7-13-21(17)18-12-11-15-8-4-5-9-16(15)20-18/h4-5,8-9,11-12,14,17,19H,3,6-7,10,13H2,1-2H3. The number of para-hydroxylation sites is 1. The van der Waals surface area contributed by atoms with Gasteiger partial charge in [0.15, 0.2) is 0 Å². The predicted molar refractivity (Wildman–Crippen MR) is 89.9 cm³/mol. The molecule has 1 aromatic carbocycles. The Labute approximate surface area is 127 Å². The number of nitrogens with one attached hydrogen (secondary N) is 1. The van der Waals surface area contributed by atoms with Crippen molar-refractivity contribution >= 4 is 16.7 Å². The van der Waals surface area contributed by atoms with E-state index in [-0.39, 0.29) is 0 Å². The summed E-state index contributed by atoms with van der Waals surface area (Å²) in [7, 11) is 0. The molecule has 0 spiro atoms. The zero-order valence-electron chi connectivity index (χ0n) is 13.0. The first-order valence-electron chi connectivity index (χ1n) is 8.15. The summed E-state index contributed by atoms with van der Waals surface area (Å²) in [5.41, 5.74) is 1.09. The summed E-state index contributed by atoms with van der Waals surface area (Å²) >= 11 is 0. The molecule has 2 unspecified atom stereocenters. The van der Waals surface area contributed by atoms with Gasteiger partial charge in [0.05, 0.1) is 5.52 Å². The quantitative estimate of drug-likeness (QED) is 0.929.